The first-order valence-corrected chi connectivity index (χ1v) is 7.07. The third-order valence-electron chi connectivity index (χ3n) is 2.86. The highest BCUT2D eigenvalue weighted by atomic mass is 16.5. The molecule has 0 fully saturated rings. The van der Waals surface area contributed by atoms with Crippen molar-refractivity contribution in [3.63, 3.8) is 0 Å². The molecule has 0 aliphatic carbocycles. The highest BCUT2D eigenvalue weighted by Crippen LogP contribution is 2.29. The lowest BCUT2D eigenvalue weighted by molar-refractivity contribution is 0.227. The Bertz CT molecular complexity index is 681. The number of nitriles is 1. The van der Waals surface area contributed by atoms with E-state index in [1.165, 1.54) is 0 Å². The second-order valence-electron chi connectivity index (χ2n) is 5.76. The maximum atomic E-state index is 8.93. The van der Waals surface area contributed by atoms with E-state index in [1.807, 2.05) is 27.7 Å². The first kappa shape index (κ1) is 15.8. The minimum absolute atomic E-state index is 0.148. The Balaban J connectivity index is 2.11. The van der Waals surface area contributed by atoms with E-state index in [4.69, 9.17) is 19.3 Å². The normalized spacial score (nSPS) is 11.0. The molecule has 1 aromatic carbocycles. The van der Waals surface area contributed by atoms with Crippen molar-refractivity contribution in [3.05, 3.63) is 35.5 Å². The maximum absolute atomic E-state index is 8.93. The average molecular weight is 301 g/mol. The van der Waals surface area contributed by atoms with Crippen LogP contribution in [0.15, 0.2) is 22.7 Å². The lowest BCUT2D eigenvalue weighted by Crippen LogP contribution is -2.13. The van der Waals surface area contributed by atoms with E-state index in [2.05, 4.69) is 16.2 Å². The fraction of sp³-hybridized carbons (Fsp3) is 0.438. The molecule has 2 aromatic rings. The van der Waals surface area contributed by atoms with E-state index in [9.17, 15) is 0 Å². The summed E-state index contributed by atoms with van der Waals surface area (Å²) in [6, 6.07) is 7.09. The van der Waals surface area contributed by atoms with E-state index in [-0.39, 0.29) is 12.0 Å². The molecule has 0 saturated carbocycles. The molecule has 22 heavy (non-hydrogen) atoms. The molecule has 0 bridgehead atoms. The second-order valence-corrected chi connectivity index (χ2v) is 5.76. The minimum atomic E-state index is -0.174. The fourth-order valence-electron chi connectivity index (χ4n) is 1.72. The lowest BCUT2D eigenvalue weighted by atomic mass is 9.96. The van der Waals surface area contributed by atoms with Gasteiger partial charge in [-0.25, -0.2) is 0 Å². The molecule has 116 valence electrons. The van der Waals surface area contributed by atoms with Gasteiger partial charge in [0.15, 0.2) is 23.9 Å². The Labute approximate surface area is 129 Å². The second kappa shape index (κ2) is 6.48. The van der Waals surface area contributed by atoms with Crippen LogP contribution in [0.3, 0.4) is 0 Å². The molecule has 0 spiro atoms. The molecule has 1 aromatic heterocycles. The third kappa shape index (κ3) is 3.76. The summed E-state index contributed by atoms with van der Waals surface area (Å²) < 4.78 is 16.3. The van der Waals surface area contributed by atoms with Crippen LogP contribution in [0.1, 0.15) is 45.0 Å². The highest BCUT2D eigenvalue weighted by molar-refractivity contribution is 5.46. The van der Waals surface area contributed by atoms with Crippen molar-refractivity contribution in [2.45, 2.75) is 39.7 Å². The largest absolute Gasteiger partial charge is 0.490 e. The van der Waals surface area contributed by atoms with Gasteiger partial charge in [0.05, 0.1) is 18.2 Å². The van der Waals surface area contributed by atoms with Crippen LogP contribution in [0, 0.1) is 11.3 Å². The van der Waals surface area contributed by atoms with Crippen LogP contribution in [0.25, 0.3) is 0 Å². The summed E-state index contributed by atoms with van der Waals surface area (Å²) in [7, 11) is 0. The first-order chi connectivity index (χ1) is 10.4. The number of benzene rings is 1. The summed E-state index contributed by atoms with van der Waals surface area (Å²) in [5.41, 5.74) is 0.343. The number of rotatable bonds is 5. The molecule has 6 nitrogen and oxygen atoms in total. The molecule has 0 N–H and O–H groups in total. The number of hydrogen-bond acceptors (Lipinski definition) is 6. The molecule has 0 aliphatic heterocycles. The Morgan fingerprint density at radius 1 is 1.23 bits per heavy atom. The summed E-state index contributed by atoms with van der Waals surface area (Å²) in [5.74, 6) is 2.10. The summed E-state index contributed by atoms with van der Waals surface area (Å²) in [4.78, 5) is 4.31. The smallest absolute Gasteiger partial charge is 0.264 e. The molecular formula is C16H19N3O3. The van der Waals surface area contributed by atoms with Crippen LogP contribution in [0.4, 0.5) is 0 Å². The van der Waals surface area contributed by atoms with Crippen LogP contribution >= 0.6 is 0 Å². The molecule has 0 atom stereocenters. The molecule has 0 saturated heterocycles. The summed E-state index contributed by atoms with van der Waals surface area (Å²) in [6.45, 7) is 8.54. The summed E-state index contributed by atoms with van der Waals surface area (Å²) >= 11 is 0. The number of ether oxygens (including phenoxy) is 2. The number of aromatic nitrogens is 2. The van der Waals surface area contributed by atoms with E-state index in [1.54, 1.807) is 18.2 Å². The zero-order valence-corrected chi connectivity index (χ0v) is 13.2. The summed E-state index contributed by atoms with van der Waals surface area (Å²) in [6.07, 6.45) is 0. The molecule has 0 radical (unpaired) electrons. The highest BCUT2D eigenvalue weighted by Gasteiger charge is 2.21. The van der Waals surface area contributed by atoms with Crippen LogP contribution in [-0.2, 0) is 12.0 Å². The quantitative estimate of drug-likeness (QED) is 0.843. The van der Waals surface area contributed by atoms with Crippen molar-refractivity contribution < 1.29 is 14.0 Å². The van der Waals surface area contributed by atoms with Crippen molar-refractivity contribution >= 4 is 0 Å². The first-order valence-electron chi connectivity index (χ1n) is 7.07. The average Bonchev–Trinajstić information content (AvgIpc) is 2.95. The van der Waals surface area contributed by atoms with Gasteiger partial charge in [0.2, 0.25) is 0 Å². The van der Waals surface area contributed by atoms with E-state index >= 15 is 0 Å². The van der Waals surface area contributed by atoms with Gasteiger partial charge in [0, 0.05) is 11.5 Å². The molecule has 0 unspecified atom stereocenters. The SMILES string of the molecule is CCOc1cc(C#N)ccc1OCc1nc(C(C)(C)C)no1. The van der Waals surface area contributed by atoms with Crippen LogP contribution in [-0.4, -0.2) is 16.7 Å². The molecular weight excluding hydrogens is 282 g/mol. The molecule has 2 rings (SSSR count). The van der Waals surface area contributed by atoms with Crippen LogP contribution in [0.2, 0.25) is 0 Å². The van der Waals surface area contributed by atoms with Gasteiger partial charge in [-0.15, -0.1) is 0 Å². The van der Waals surface area contributed by atoms with Crippen molar-refractivity contribution in [2.24, 2.45) is 0 Å². The predicted octanol–water partition coefficient (Wildman–Crippen LogP) is 3.22. The Hall–Kier alpha value is -2.55. The van der Waals surface area contributed by atoms with Gasteiger partial charge in [-0.1, -0.05) is 25.9 Å². The van der Waals surface area contributed by atoms with Crippen LogP contribution < -0.4 is 9.47 Å². The topological polar surface area (TPSA) is 81.2 Å². The van der Waals surface area contributed by atoms with Gasteiger partial charge in [-0.05, 0) is 19.1 Å². The standard InChI is InChI=1S/C16H19N3O3/c1-5-20-13-8-11(9-17)6-7-12(13)21-10-14-18-15(19-22-14)16(2,3)4/h6-8H,5,10H2,1-4H3. The predicted molar refractivity (Wildman–Crippen MR) is 79.7 cm³/mol. The van der Waals surface area contributed by atoms with E-state index < -0.39 is 0 Å². The molecule has 0 aliphatic rings. The molecule has 6 heteroatoms. The van der Waals surface area contributed by atoms with Crippen LogP contribution in [0.5, 0.6) is 11.5 Å². The maximum Gasteiger partial charge on any atom is 0.264 e. The zero-order valence-electron chi connectivity index (χ0n) is 13.2. The molecule has 0 amide bonds. The monoisotopic (exact) mass is 301 g/mol. The van der Waals surface area contributed by atoms with Gasteiger partial charge in [0.25, 0.3) is 5.89 Å². The minimum Gasteiger partial charge on any atom is -0.490 e. The van der Waals surface area contributed by atoms with Gasteiger partial charge in [-0.2, -0.15) is 10.2 Å². The Kier molecular flexibility index (Phi) is 4.66. The fourth-order valence-corrected chi connectivity index (χ4v) is 1.72. The Morgan fingerprint density at radius 2 is 2.00 bits per heavy atom. The van der Waals surface area contributed by atoms with Crippen molar-refractivity contribution in [1.29, 1.82) is 5.26 Å². The number of hydrogen-bond donors (Lipinski definition) is 0. The van der Waals surface area contributed by atoms with Crippen molar-refractivity contribution in [1.82, 2.24) is 10.1 Å². The lowest BCUT2D eigenvalue weighted by Gasteiger charge is -2.11. The van der Waals surface area contributed by atoms with E-state index in [0.29, 0.717) is 35.4 Å². The Morgan fingerprint density at radius 3 is 2.59 bits per heavy atom. The summed E-state index contributed by atoms with van der Waals surface area (Å²) in [5, 5.41) is 12.9. The van der Waals surface area contributed by atoms with Crippen molar-refractivity contribution in [2.75, 3.05) is 6.61 Å². The number of nitrogens with zero attached hydrogens (tertiary/aromatic N) is 3. The van der Waals surface area contributed by atoms with Gasteiger partial charge in [-0.3, -0.25) is 0 Å². The van der Waals surface area contributed by atoms with E-state index in [0.717, 1.165) is 0 Å². The van der Waals surface area contributed by atoms with Crippen molar-refractivity contribution in [3.8, 4) is 17.6 Å². The van der Waals surface area contributed by atoms with Gasteiger partial charge in [0.1, 0.15) is 0 Å². The van der Waals surface area contributed by atoms with Gasteiger partial charge < -0.3 is 14.0 Å². The zero-order chi connectivity index (χ0) is 16.2. The third-order valence-corrected chi connectivity index (χ3v) is 2.86. The molecule has 1 heterocycles. The van der Waals surface area contributed by atoms with Gasteiger partial charge >= 0.3 is 0 Å².